The van der Waals surface area contributed by atoms with E-state index >= 15 is 0 Å². The molecule has 3 aromatic heterocycles. The predicted molar refractivity (Wildman–Crippen MR) is 131 cm³/mol. The maximum atomic E-state index is 12.9. The van der Waals surface area contributed by atoms with Crippen molar-refractivity contribution in [1.29, 1.82) is 0 Å². The summed E-state index contributed by atoms with van der Waals surface area (Å²) in [5.41, 5.74) is 1.34. The minimum absolute atomic E-state index is 0.0943. The molecule has 0 bridgehead atoms. The molecular formula is C20H23BrClN7O4S. The lowest BCUT2D eigenvalue weighted by atomic mass is 10.0. The van der Waals surface area contributed by atoms with Crippen molar-refractivity contribution >= 4 is 55.9 Å². The number of carbonyl (C=O) groups is 2. The quantitative estimate of drug-likeness (QED) is 0.393. The Kier molecular flexibility index (Phi) is 7.26. The number of nitrogens with zero attached hydrogens (tertiary/aromatic N) is 5. The van der Waals surface area contributed by atoms with Gasteiger partial charge in [-0.2, -0.15) is 5.10 Å². The molecule has 14 heteroatoms. The van der Waals surface area contributed by atoms with Crippen LogP contribution in [0.25, 0.3) is 11.5 Å². The van der Waals surface area contributed by atoms with E-state index in [-0.39, 0.29) is 28.6 Å². The number of rotatable bonds is 7. The lowest BCUT2D eigenvalue weighted by Gasteiger charge is -2.38. The summed E-state index contributed by atoms with van der Waals surface area (Å²) in [6, 6.07) is -0.251. The molecule has 0 radical (unpaired) electrons. The highest BCUT2D eigenvalue weighted by molar-refractivity contribution is 9.10. The number of hydrogen-bond acceptors (Lipinski definition) is 8. The maximum absolute atomic E-state index is 12.9. The maximum Gasteiger partial charge on any atom is 0.348 e. The zero-order valence-electron chi connectivity index (χ0n) is 18.6. The molecule has 1 saturated heterocycles. The lowest BCUT2D eigenvalue weighted by Crippen LogP contribution is -2.55. The average Bonchev–Trinajstić information content (AvgIpc) is 3.49. The number of aromatic carboxylic acids is 1. The van der Waals surface area contributed by atoms with Crippen LogP contribution in [0.5, 0.6) is 0 Å². The molecule has 34 heavy (non-hydrogen) atoms. The molecule has 0 aromatic carbocycles. The van der Waals surface area contributed by atoms with Crippen LogP contribution in [0.3, 0.4) is 0 Å². The van der Waals surface area contributed by atoms with Crippen LogP contribution in [0.4, 0.5) is 5.13 Å². The third-order valence-corrected chi connectivity index (χ3v) is 8.24. The summed E-state index contributed by atoms with van der Waals surface area (Å²) in [6.45, 7) is 5.16. The second-order valence-electron chi connectivity index (χ2n) is 7.75. The molecule has 0 aliphatic carbocycles. The predicted octanol–water partition coefficient (Wildman–Crippen LogP) is 3.10. The van der Waals surface area contributed by atoms with E-state index < -0.39 is 5.97 Å². The first-order valence-corrected chi connectivity index (χ1v) is 12.5. The zero-order chi connectivity index (χ0) is 24.6. The van der Waals surface area contributed by atoms with E-state index in [1.54, 1.807) is 7.05 Å². The number of carboxylic acid groups (broad SMARTS) is 1. The molecule has 182 valence electrons. The molecule has 0 saturated carbocycles. The minimum Gasteiger partial charge on any atom is -0.477 e. The Hall–Kier alpha value is -2.48. The number of halogens is 2. The highest BCUT2D eigenvalue weighted by Gasteiger charge is 2.34. The van der Waals surface area contributed by atoms with Crippen LogP contribution < -0.4 is 10.2 Å². The standard InChI is InChI=1S/C20H23BrClN7O4S/c1-4-33-11-7-29(6-5-10(11)26-18(30)14-13(22)12(21)9(2)25-14)20-27-15(16(34-20)19(31)32)17-23-8-24-28(17)3/h8,10-11,25H,4-7H2,1-3H3,(H,26,30)(H,31,32)/t10-,11+/m1/s1. The molecule has 11 nitrogen and oxygen atoms in total. The Balaban J connectivity index is 1.54. The van der Waals surface area contributed by atoms with Crippen molar-refractivity contribution < 1.29 is 19.4 Å². The molecule has 4 rings (SSSR count). The van der Waals surface area contributed by atoms with E-state index in [0.29, 0.717) is 52.3 Å². The van der Waals surface area contributed by atoms with Crippen molar-refractivity contribution in [2.24, 2.45) is 7.05 Å². The summed E-state index contributed by atoms with van der Waals surface area (Å²) >= 11 is 10.7. The normalized spacial score (nSPS) is 18.3. The van der Waals surface area contributed by atoms with Gasteiger partial charge < -0.3 is 25.0 Å². The van der Waals surface area contributed by atoms with Crippen LogP contribution in [0.1, 0.15) is 39.2 Å². The topological polar surface area (TPSA) is 138 Å². The van der Waals surface area contributed by atoms with Gasteiger partial charge in [-0.15, -0.1) is 0 Å². The van der Waals surface area contributed by atoms with Gasteiger partial charge >= 0.3 is 5.97 Å². The van der Waals surface area contributed by atoms with Crippen molar-refractivity contribution in [1.82, 2.24) is 30.0 Å². The summed E-state index contributed by atoms with van der Waals surface area (Å²) in [4.78, 5) is 38.5. The summed E-state index contributed by atoms with van der Waals surface area (Å²) in [7, 11) is 1.68. The summed E-state index contributed by atoms with van der Waals surface area (Å²) in [5, 5.41) is 17.6. The summed E-state index contributed by atoms with van der Waals surface area (Å²) in [6.07, 6.45) is 1.61. The number of aryl methyl sites for hydroxylation is 2. The van der Waals surface area contributed by atoms with Crippen molar-refractivity contribution in [2.75, 3.05) is 24.6 Å². The Morgan fingerprint density at radius 1 is 1.47 bits per heavy atom. The second kappa shape index (κ2) is 10.0. The number of nitrogens with one attached hydrogen (secondary N) is 2. The fraction of sp³-hybridized carbons (Fsp3) is 0.450. The molecule has 2 atom stereocenters. The van der Waals surface area contributed by atoms with Crippen LogP contribution in [0.15, 0.2) is 10.8 Å². The first-order chi connectivity index (χ1) is 16.2. The van der Waals surface area contributed by atoms with E-state index in [4.69, 9.17) is 16.3 Å². The molecule has 1 fully saturated rings. The molecule has 3 aromatic rings. The number of thiazole rings is 1. The van der Waals surface area contributed by atoms with Gasteiger partial charge in [-0.1, -0.05) is 22.9 Å². The second-order valence-corrected chi connectivity index (χ2v) is 9.90. The Morgan fingerprint density at radius 3 is 2.82 bits per heavy atom. The minimum atomic E-state index is -1.07. The van der Waals surface area contributed by atoms with Gasteiger partial charge in [0.15, 0.2) is 11.0 Å². The van der Waals surface area contributed by atoms with Crippen LogP contribution in [-0.4, -0.2) is 73.6 Å². The van der Waals surface area contributed by atoms with Crippen molar-refractivity contribution in [2.45, 2.75) is 32.4 Å². The molecule has 0 spiro atoms. The van der Waals surface area contributed by atoms with Crippen LogP contribution in [0, 0.1) is 6.92 Å². The van der Waals surface area contributed by atoms with E-state index in [2.05, 4.69) is 41.3 Å². The first kappa shape index (κ1) is 24.6. The van der Waals surface area contributed by atoms with Gasteiger partial charge in [0.2, 0.25) is 0 Å². The smallest absolute Gasteiger partial charge is 0.348 e. The SMILES string of the molecule is CCO[C@H]1CN(c2nc(-c3ncnn3C)c(C(=O)O)s2)CC[C@H]1NC(=O)c1[nH]c(C)c(Br)c1Cl. The third-order valence-electron chi connectivity index (χ3n) is 5.54. The Morgan fingerprint density at radius 2 is 2.24 bits per heavy atom. The third kappa shape index (κ3) is 4.69. The van der Waals surface area contributed by atoms with E-state index in [1.165, 1.54) is 11.0 Å². The van der Waals surface area contributed by atoms with Gasteiger partial charge in [0, 0.05) is 32.4 Å². The number of anilines is 1. The largest absolute Gasteiger partial charge is 0.477 e. The monoisotopic (exact) mass is 571 g/mol. The van der Waals surface area contributed by atoms with Crippen LogP contribution in [-0.2, 0) is 11.8 Å². The molecule has 4 heterocycles. The Bertz CT molecular complexity index is 1230. The fourth-order valence-corrected chi connectivity index (χ4v) is 5.37. The van der Waals surface area contributed by atoms with Crippen molar-refractivity contribution in [3.8, 4) is 11.5 Å². The molecule has 1 aliphatic rings. The molecule has 0 unspecified atom stereocenters. The van der Waals surface area contributed by atoms with E-state index in [1.807, 2.05) is 18.7 Å². The lowest BCUT2D eigenvalue weighted by molar-refractivity contribution is 0.0272. The number of carboxylic acids is 1. The molecule has 1 amide bonds. The summed E-state index contributed by atoms with van der Waals surface area (Å²) < 4.78 is 8.09. The van der Waals surface area contributed by atoms with Crippen LogP contribution in [0.2, 0.25) is 5.02 Å². The Labute approximate surface area is 212 Å². The number of aromatic nitrogens is 5. The highest BCUT2D eigenvalue weighted by Crippen LogP contribution is 2.34. The van der Waals surface area contributed by atoms with Gasteiger partial charge in [0.05, 0.1) is 21.6 Å². The van der Waals surface area contributed by atoms with Crippen LogP contribution >= 0.6 is 38.9 Å². The van der Waals surface area contributed by atoms with Gasteiger partial charge in [-0.05, 0) is 36.2 Å². The number of carbonyl (C=O) groups excluding carboxylic acids is 1. The van der Waals surface area contributed by atoms with Gasteiger partial charge in [-0.3, -0.25) is 4.79 Å². The van der Waals surface area contributed by atoms with Crippen molar-refractivity contribution in [3.05, 3.63) is 32.1 Å². The molecular weight excluding hydrogens is 550 g/mol. The van der Waals surface area contributed by atoms with Crippen molar-refractivity contribution in [3.63, 3.8) is 0 Å². The first-order valence-electron chi connectivity index (χ1n) is 10.5. The molecule has 1 aliphatic heterocycles. The summed E-state index contributed by atoms with van der Waals surface area (Å²) in [5.74, 6) is -1.00. The van der Waals surface area contributed by atoms with Gasteiger partial charge in [0.1, 0.15) is 22.6 Å². The van der Waals surface area contributed by atoms with Gasteiger partial charge in [-0.25, -0.2) is 19.4 Å². The zero-order valence-corrected chi connectivity index (χ0v) is 21.8. The number of aromatic amines is 1. The highest BCUT2D eigenvalue weighted by atomic mass is 79.9. The van der Waals surface area contributed by atoms with Gasteiger partial charge in [0.25, 0.3) is 5.91 Å². The van der Waals surface area contributed by atoms with E-state index in [9.17, 15) is 14.7 Å². The number of H-pyrrole nitrogens is 1. The average molecular weight is 573 g/mol. The number of piperidine rings is 1. The van der Waals surface area contributed by atoms with E-state index in [0.717, 1.165) is 17.0 Å². The number of hydrogen-bond donors (Lipinski definition) is 3. The fourth-order valence-electron chi connectivity index (χ4n) is 3.86. The number of ether oxygens (including phenoxy) is 1. The number of amides is 1. The molecule has 3 N–H and O–H groups in total.